The third-order valence-electron chi connectivity index (χ3n) is 8.33. The van der Waals surface area contributed by atoms with Crippen molar-refractivity contribution in [3.8, 4) is 0 Å². The highest BCUT2D eigenvalue weighted by Gasteiger charge is 2.26. The zero-order chi connectivity index (χ0) is 30.7. The van der Waals surface area contributed by atoms with Gasteiger partial charge in [-0.2, -0.15) is 5.48 Å². The van der Waals surface area contributed by atoms with Crippen molar-refractivity contribution in [2.75, 3.05) is 19.8 Å². The van der Waals surface area contributed by atoms with E-state index in [0.29, 0.717) is 6.42 Å². The van der Waals surface area contributed by atoms with Crippen LogP contribution in [0.3, 0.4) is 0 Å². The Labute approximate surface area is 258 Å². The number of hydrogen-bond donors (Lipinski definition) is 5. The Morgan fingerprint density at radius 1 is 0.762 bits per heavy atom. The molecule has 0 saturated carbocycles. The molecule has 6 N–H and O–H groups in total. The van der Waals surface area contributed by atoms with Crippen LogP contribution in [0.1, 0.15) is 141 Å². The van der Waals surface area contributed by atoms with Crippen LogP contribution in [0, 0.1) is 0 Å². The summed E-state index contributed by atoms with van der Waals surface area (Å²) in [5.74, 6) is 0. The number of benzene rings is 1. The summed E-state index contributed by atoms with van der Waals surface area (Å²) in [7, 11) is 0. The molecule has 0 heterocycles. The summed E-state index contributed by atoms with van der Waals surface area (Å²) in [4.78, 5) is 5.58. The molecule has 0 aliphatic heterocycles. The first-order valence-electron chi connectivity index (χ1n) is 17.3. The van der Waals surface area contributed by atoms with E-state index in [2.05, 4.69) is 43.6 Å². The lowest BCUT2D eigenvalue weighted by molar-refractivity contribution is -0.0553. The van der Waals surface area contributed by atoms with Gasteiger partial charge in [-0.15, -0.1) is 0 Å². The Bertz CT molecular complexity index is 757. The quantitative estimate of drug-likeness (QED) is 0.0380. The maximum absolute atomic E-state index is 10.5. The van der Waals surface area contributed by atoms with Crippen molar-refractivity contribution in [1.82, 2.24) is 5.48 Å². The molecule has 0 saturated heterocycles. The fourth-order valence-corrected chi connectivity index (χ4v) is 5.20. The number of nitrogens with two attached hydrogens (primary N) is 1. The number of nitrogens with one attached hydrogen (secondary N) is 1. The minimum absolute atomic E-state index is 0.0746. The number of rotatable bonds is 29. The summed E-state index contributed by atoms with van der Waals surface area (Å²) >= 11 is 0. The predicted molar refractivity (Wildman–Crippen MR) is 177 cm³/mol. The lowest BCUT2D eigenvalue weighted by Crippen LogP contribution is -2.51. The monoisotopic (exact) mass is 591 g/mol. The van der Waals surface area contributed by atoms with Crippen molar-refractivity contribution >= 4 is 0 Å². The molecule has 0 fully saturated rings. The average Bonchev–Trinajstić information content (AvgIpc) is 3.01. The second kappa shape index (κ2) is 26.2. The van der Waals surface area contributed by atoms with Gasteiger partial charge in [-0.05, 0) is 49.7 Å². The van der Waals surface area contributed by atoms with Crippen LogP contribution >= 0.6 is 0 Å². The summed E-state index contributed by atoms with van der Waals surface area (Å²) < 4.78 is 0. The van der Waals surface area contributed by atoms with E-state index >= 15 is 0 Å². The van der Waals surface area contributed by atoms with Gasteiger partial charge in [-0.25, -0.2) is 0 Å². The van der Waals surface area contributed by atoms with Crippen molar-refractivity contribution in [2.24, 2.45) is 5.73 Å². The molecular formula is C36H66N2O4. The Morgan fingerprint density at radius 2 is 1.26 bits per heavy atom. The third-order valence-corrected chi connectivity index (χ3v) is 8.33. The molecule has 3 unspecified atom stereocenters. The van der Waals surface area contributed by atoms with Crippen molar-refractivity contribution < 1.29 is 20.2 Å². The first-order chi connectivity index (χ1) is 20.5. The zero-order valence-corrected chi connectivity index (χ0v) is 27.2. The molecule has 0 bridgehead atoms. The number of aliphatic hydroxyl groups is 3. The Hall–Kier alpha value is -1.28. The molecule has 6 nitrogen and oxygen atoms in total. The van der Waals surface area contributed by atoms with E-state index in [-0.39, 0.29) is 19.8 Å². The van der Waals surface area contributed by atoms with Crippen LogP contribution in [0.2, 0.25) is 0 Å². The van der Waals surface area contributed by atoms with E-state index in [1.807, 2.05) is 6.08 Å². The van der Waals surface area contributed by atoms with Crippen LogP contribution in [0.25, 0.3) is 0 Å². The van der Waals surface area contributed by atoms with E-state index in [0.717, 1.165) is 25.7 Å². The van der Waals surface area contributed by atoms with Gasteiger partial charge in [0.2, 0.25) is 0 Å². The molecule has 0 spiro atoms. The smallest absolute Gasteiger partial charge is 0.0919 e. The van der Waals surface area contributed by atoms with Crippen LogP contribution in [0.4, 0.5) is 0 Å². The van der Waals surface area contributed by atoms with Crippen LogP contribution in [-0.2, 0) is 17.7 Å². The largest absolute Gasteiger partial charge is 0.395 e. The number of unbranched alkanes of at least 4 members (excludes halogenated alkanes) is 15. The SMILES string of the molecule is CCCCCCCCCCCC/C=C/C(O)C(CO)NOCC(N)(CO)CCc1ccc(CCCCCCCC)cc1. The summed E-state index contributed by atoms with van der Waals surface area (Å²) in [6, 6.07) is 8.06. The van der Waals surface area contributed by atoms with Gasteiger partial charge >= 0.3 is 0 Å². The fraction of sp³-hybridized carbons (Fsp3) is 0.778. The highest BCUT2D eigenvalue weighted by Crippen LogP contribution is 2.16. The molecule has 0 radical (unpaired) electrons. The molecule has 0 amide bonds. The average molecular weight is 591 g/mol. The molecular weight excluding hydrogens is 524 g/mol. The van der Waals surface area contributed by atoms with Gasteiger partial charge in [0.05, 0.1) is 37.5 Å². The van der Waals surface area contributed by atoms with E-state index in [1.165, 1.54) is 107 Å². The van der Waals surface area contributed by atoms with Gasteiger partial charge in [0.25, 0.3) is 0 Å². The molecule has 1 rings (SSSR count). The summed E-state index contributed by atoms with van der Waals surface area (Å²) in [5, 5.41) is 30.1. The standard InChI is InChI=1S/C36H66N2O4/c1-3-5-7-9-11-12-13-14-15-16-18-20-22-35(41)34(29-39)38-42-31-36(37,30-40)28-27-33-25-23-32(24-26-33)21-19-17-10-8-6-4-2/h20,22-26,34-35,38-41H,3-19,21,27-31,37H2,1-2H3/b22-20+. The Morgan fingerprint density at radius 3 is 1.79 bits per heavy atom. The van der Waals surface area contributed by atoms with E-state index < -0.39 is 17.7 Å². The van der Waals surface area contributed by atoms with E-state index in [4.69, 9.17) is 10.6 Å². The lowest BCUT2D eigenvalue weighted by atomic mass is 9.93. The normalized spacial score (nSPS) is 14.8. The summed E-state index contributed by atoms with van der Waals surface area (Å²) in [5.41, 5.74) is 10.8. The first kappa shape index (κ1) is 38.7. The number of aliphatic hydroxyl groups excluding tert-OH is 3. The zero-order valence-electron chi connectivity index (χ0n) is 27.2. The topological polar surface area (TPSA) is 108 Å². The maximum Gasteiger partial charge on any atom is 0.0919 e. The minimum atomic E-state index is -0.916. The highest BCUT2D eigenvalue weighted by atomic mass is 16.6. The molecule has 42 heavy (non-hydrogen) atoms. The Kier molecular flexibility index (Phi) is 24.1. The number of hydroxylamine groups is 1. The van der Waals surface area contributed by atoms with Gasteiger partial charge in [-0.1, -0.05) is 140 Å². The van der Waals surface area contributed by atoms with Gasteiger partial charge in [0.15, 0.2) is 0 Å². The number of hydrogen-bond acceptors (Lipinski definition) is 6. The lowest BCUT2D eigenvalue weighted by Gasteiger charge is -2.28. The second-order valence-corrected chi connectivity index (χ2v) is 12.4. The van der Waals surface area contributed by atoms with Crippen molar-refractivity contribution in [3.63, 3.8) is 0 Å². The third kappa shape index (κ3) is 19.8. The summed E-state index contributed by atoms with van der Waals surface area (Å²) in [6.45, 7) is 4.09. The molecule has 1 aromatic carbocycles. The predicted octanol–water partition coefficient (Wildman–Crippen LogP) is 7.32. The minimum Gasteiger partial charge on any atom is -0.395 e. The van der Waals surface area contributed by atoms with Crippen LogP contribution in [0.5, 0.6) is 0 Å². The van der Waals surface area contributed by atoms with Gasteiger partial charge in [0.1, 0.15) is 0 Å². The molecule has 3 atom stereocenters. The fourth-order valence-electron chi connectivity index (χ4n) is 5.20. The van der Waals surface area contributed by atoms with Crippen molar-refractivity contribution in [1.29, 1.82) is 0 Å². The first-order valence-corrected chi connectivity index (χ1v) is 17.3. The molecule has 0 aliphatic carbocycles. The van der Waals surface area contributed by atoms with Crippen LogP contribution in [-0.4, -0.2) is 52.8 Å². The second-order valence-electron chi connectivity index (χ2n) is 12.4. The number of aryl methyl sites for hydroxylation is 2. The number of allylic oxidation sites excluding steroid dienone is 1. The van der Waals surface area contributed by atoms with Crippen LogP contribution < -0.4 is 11.2 Å². The van der Waals surface area contributed by atoms with Gasteiger partial charge in [0, 0.05) is 0 Å². The van der Waals surface area contributed by atoms with Gasteiger partial charge in [-0.3, -0.25) is 4.84 Å². The summed E-state index contributed by atoms with van der Waals surface area (Å²) in [6.07, 6.45) is 27.1. The molecule has 0 aromatic heterocycles. The van der Waals surface area contributed by atoms with Gasteiger partial charge < -0.3 is 21.1 Å². The molecule has 6 heteroatoms. The Balaban J connectivity index is 2.25. The maximum atomic E-state index is 10.5. The molecule has 244 valence electrons. The van der Waals surface area contributed by atoms with Crippen molar-refractivity contribution in [3.05, 3.63) is 47.5 Å². The van der Waals surface area contributed by atoms with Crippen molar-refractivity contribution in [2.45, 2.75) is 160 Å². The highest BCUT2D eigenvalue weighted by molar-refractivity contribution is 5.23. The van der Waals surface area contributed by atoms with E-state index in [1.54, 1.807) is 6.08 Å². The molecule has 1 aromatic rings. The molecule has 0 aliphatic rings. The van der Waals surface area contributed by atoms with E-state index in [9.17, 15) is 15.3 Å². The van der Waals surface area contributed by atoms with Crippen LogP contribution in [0.15, 0.2) is 36.4 Å².